The van der Waals surface area contributed by atoms with Crippen molar-refractivity contribution in [2.75, 3.05) is 33.1 Å². The summed E-state index contributed by atoms with van der Waals surface area (Å²) >= 11 is 6.17. The number of aromatic nitrogens is 2. The molecular formula is C27H23ClF6N4O3. The van der Waals surface area contributed by atoms with E-state index in [1.165, 1.54) is 32.3 Å². The second-order valence-corrected chi connectivity index (χ2v) is 9.81. The van der Waals surface area contributed by atoms with Crippen LogP contribution in [0, 0.1) is 17.6 Å². The summed E-state index contributed by atoms with van der Waals surface area (Å²) in [5.74, 6) is -3.68. The zero-order chi connectivity index (χ0) is 30.3. The molecule has 41 heavy (non-hydrogen) atoms. The van der Waals surface area contributed by atoms with E-state index in [2.05, 4.69) is 10.3 Å². The molecule has 14 heteroatoms. The molecule has 2 atom stereocenters. The Kier molecular flexibility index (Phi) is 8.25. The minimum atomic E-state index is -5.31. The number of anilines is 1. The molecule has 2 unspecified atom stereocenters. The van der Waals surface area contributed by atoms with Crippen molar-refractivity contribution in [2.45, 2.75) is 17.8 Å². The topological polar surface area (TPSA) is 79.6 Å². The Bertz CT molecular complexity index is 1660. The number of pyridine rings is 2. The van der Waals surface area contributed by atoms with Gasteiger partial charge in [-0.2, -0.15) is 17.6 Å². The van der Waals surface area contributed by atoms with Crippen molar-refractivity contribution < 1.29 is 36.2 Å². The summed E-state index contributed by atoms with van der Waals surface area (Å²) in [5, 5.41) is 13.0. The molecular weight excluding hydrogens is 578 g/mol. The highest BCUT2D eigenvalue weighted by atomic mass is 35.5. The number of fused-ring (bicyclic) bond motifs is 1. The van der Waals surface area contributed by atoms with E-state index in [9.17, 15) is 36.2 Å². The van der Waals surface area contributed by atoms with E-state index < -0.39 is 58.1 Å². The zero-order valence-electron chi connectivity index (χ0n) is 21.7. The summed E-state index contributed by atoms with van der Waals surface area (Å²) in [6.07, 6.45) is -5.31. The fraction of sp³-hybridized carbons (Fsp3) is 0.259. The number of likely N-dealkylation sites (N-methyl/N-ethyl adjacent to an activating group) is 1. The maximum absolute atomic E-state index is 15.0. The minimum Gasteiger partial charge on any atom is -0.494 e. The lowest BCUT2D eigenvalue weighted by Crippen LogP contribution is -2.58. The third-order valence-electron chi connectivity index (χ3n) is 6.34. The molecule has 2 N–H and O–H groups in total. The third-order valence-corrected chi connectivity index (χ3v) is 6.72. The molecule has 0 saturated heterocycles. The molecule has 2 aromatic carbocycles. The number of nitrogens with one attached hydrogen (secondary N) is 1. The number of hydrogen-bond acceptors (Lipinski definition) is 6. The number of ether oxygens (including phenoxy) is 1. The first kappa shape index (κ1) is 30.2. The molecule has 0 aliphatic rings. The Morgan fingerprint density at radius 2 is 1.80 bits per heavy atom. The van der Waals surface area contributed by atoms with Crippen LogP contribution in [0.2, 0.25) is 5.02 Å². The summed E-state index contributed by atoms with van der Waals surface area (Å²) in [7, 11) is 3.70. The molecule has 4 rings (SSSR count). The zero-order valence-corrected chi connectivity index (χ0v) is 22.5. The number of aliphatic hydroxyl groups is 1. The Balaban J connectivity index is 2.02. The highest BCUT2D eigenvalue weighted by molar-refractivity contribution is 6.31. The molecule has 0 bridgehead atoms. The normalized spacial score (nSPS) is 14.2. The van der Waals surface area contributed by atoms with E-state index in [0.29, 0.717) is 0 Å². The van der Waals surface area contributed by atoms with E-state index >= 15 is 0 Å². The molecule has 0 amide bonds. The van der Waals surface area contributed by atoms with Gasteiger partial charge in [0.1, 0.15) is 11.6 Å². The maximum Gasteiger partial charge on any atom is 0.420 e. The summed E-state index contributed by atoms with van der Waals surface area (Å²) in [4.78, 5) is 17.5. The lowest BCUT2D eigenvalue weighted by atomic mass is 9.86. The summed E-state index contributed by atoms with van der Waals surface area (Å²) in [6.45, 7) is -1.01. The van der Waals surface area contributed by atoms with Crippen LogP contribution in [0.1, 0.15) is 11.6 Å². The van der Waals surface area contributed by atoms with Gasteiger partial charge >= 0.3 is 6.18 Å². The molecule has 0 radical (unpaired) electrons. The molecule has 7 nitrogen and oxygen atoms in total. The molecule has 0 aliphatic heterocycles. The van der Waals surface area contributed by atoms with Crippen molar-refractivity contribution in [2.24, 2.45) is 0 Å². The molecule has 0 saturated carbocycles. The number of halogens is 7. The van der Waals surface area contributed by atoms with Crippen molar-refractivity contribution in [1.82, 2.24) is 14.5 Å². The molecule has 0 fully saturated rings. The summed E-state index contributed by atoms with van der Waals surface area (Å²) in [6, 6.07) is 7.43. The van der Waals surface area contributed by atoms with E-state index in [-0.39, 0.29) is 28.2 Å². The van der Waals surface area contributed by atoms with Crippen LogP contribution in [0.4, 0.5) is 32.0 Å². The predicted octanol–water partition coefficient (Wildman–Crippen LogP) is 5.47. The van der Waals surface area contributed by atoms with Crippen LogP contribution in [0.15, 0.2) is 59.4 Å². The van der Waals surface area contributed by atoms with Gasteiger partial charge in [-0.3, -0.25) is 9.36 Å². The van der Waals surface area contributed by atoms with Crippen LogP contribution in [0.3, 0.4) is 0 Å². The van der Waals surface area contributed by atoms with Crippen LogP contribution < -0.4 is 15.6 Å². The van der Waals surface area contributed by atoms with Gasteiger partial charge in [0.05, 0.1) is 23.7 Å². The SMILES string of the molecule is COc1ccc(C(Nc2cc(F)cc3c2ccc(=O)n3-c2cccc(F)n2)C(O)(CN(C)C)C(F)(F)F)c(Cl)c1F. The van der Waals surface area contributed by atoms with Crippen molar-refractivity contribution in [1.29, 1.82) is 0 Å². The fourth-order valence-electron chi connectivity index (χ4n) is 4.55. The van der Waals surface area contributed by atoms with Gasteiger partial charge in [0.2, 0.25) is 5.95 Å². The molecule has 4 aromatic rings. The number of benzene rings is 2. The van der Waals surface area contributed by atoms with Crippen LogP contribution in [0.25, 0.3) is 16.7 Å². The molecule has 218 valence electrons. The maximum atomic E-state index is 15.0. The van der Waals surface area contributed by atoms with Gasteiger partial charge in [-0.15, -0.1) is 0 Å². The number of alkyl halides is 3. The Labute approximate surface area is 234 Å². The molecule has 0 spiro atoms. The van der Waals surface area contributed by atoms with Gasteiger partial charge in [-0.05, 0) is 56.1 Å². The van der Waals surface area contributed by atoms with Crippen LogP contribution >= 0.6 is 11.6 Å². The Hall–Kier alpha value is -3.81. The average Bonchev–Trinajstić information content (AvgIpc) is 2.87. The number of nitrogens with zero attached hydrogens (tertiary/aromatic N) is 3. The standard InChI is InChI=1S/C27H23ClF6N4O3/c1-37(2)13-26(40,27(32,33)34)25(16-7-9-19(41-3)24(31)23(16)28)35-17-11-14(29)12-18-15(17)8-10-22(39)38(18)21-6-4-5-20(30)36-21/h4-12,25,35,40H,13H2,1-3H3. The van der Waals surface area contributed by atoms with Gasteiger partial charge in [-0.25, -0.2) is 13.8 Å². The number of rotatable bonds is 8. The number of methoxy groups -OCH3 is 1. The first-order valence-electron chi connectivity index (χ1n) is 11.9. The first-order chi connectivity index (χ1) is 19.2. The second-order valence-electron chi connectivity index (χ2n) is 9.43. The van der Waals surface area contributed by atoms with Crippen molar-refractivity contribution in [3.8, 4) is 11.6 Å². The first-order valence-corrected chi connectivity index (χ1v) is 12.3. The lowest BCUT2D eigenvalue weighted by molar-refractivity contribution is -0.270. The molecule has 2 aromatic heterocycles. The van der Waals surface area contributed by atoms with Crippen LogP contribution in [-0.4, -0.2) is 59.1 Å². The third kappa shape index (κ3) is 5.69. The number of hydrogen-bond donors (Lipinski definition) is 2. The van der Waals surface area contributed by atoms with Crippen LogP contribution in [-0.2, 0) is 0 Å². The largest absolute Gasteiger partial charge is 0.494 e. The van der Waals surface area contributed by atoms with E-state index in [4.69, 9.17) is 16.3 Å². The monoisotopic (exact) mass is 600 g/mol. The summed E-state index contributed by atoms with van der Waals surface area (Å²) < 4.78 is 93.4. The van der Waals surface area contributed by atoms with Crippen molar-refractivity contribution >= 4 is 28.2 Å². The van der Waals surface area contributed by atoms with Gasteiger partial charge in [0.25, 0.3) is 5.56 Å². The van der Waals surface area contributed by atoms with Gasteiger partial charge in [0, 0.05) is 23.7 Å². The van der Waals surface area contributed by atoms with Gasteiger partial charge < -0.3 is 20.1 Å². The lowest BCUT2D eigenvalue weighted by Gasteiger charge is -2.41. The van der Waals surface area contributed by atoms with Gasteiger partial charge in [0.15, 0.2) is 17.2 Å². The Morgan fingerprint density at radius 1 is 1.10 bits per heavy atom. The van der Waals surface area contributed by atoms with E-state index in [0.717, 1.165) is 53.0 Å². The van der Waals surface area contributed by atoms with E-state index in [1.807, 2.05) is 0 Å². The quantitative estimate of drug-likeness (QED) is 0.206. The van der Waals surface area contributed by atoms with Crippen molar-refractivity contribution in [3.63, 3.8) is 0 Å². The highest BCUT2D eigenvalue weighted by Crippen LogP contribution is 2.46. The second kappa shape index (κ2) is 11.2. The predicted molar refractivity (Wildman–Crippen MR) is 141 cm³/mol. The smallest absolute Gasteiger partial charge is 0.420 e. The summed E-state index contributed by atoms with van der Waals surface area (Å²) in [5.41, 5.74) is -5.35. The molecule has 0 aliphatic carbocycles. The van der Waals surface area contributed by atoms with E-state index in [1.54, 1.807) is 0 Å². The average molecular weight is 601 g/mol. The van der Waals surface area contributed by atoms with Crippen molar-refractivity contribution in [3.05, 3.63) is 93.1 Å². The Morgan fingerprint density at radius 3 is 2.41 bits per heavy atom. The fourth-order valence-corrected chi connectivity index (χ4v) is 4.82. The van der Waals surface area contributed by atoms with Gasteiger partial charge in [-0.1, -0.05) is 23.7 Å². The highest BCUT2D eigenvalue weighted by Gasteiger charge is 2.60. The van der Waals surface area contributed by atoms with Crippen LogP contribution in [0.5, 0.6) is 5.75 Å². The minimum absolute atomic E-state index is 0.00143. The molecule has 2 heterocycles.